The van der Waals surface area contributed by atoms with E-state index in [1.165, 1.54) is 6.33 Å². The van der Waals surface area contributed by atoms with E-state index in [4.69, 9.17) is 4.74 Å². The fourth-order valence-electron chi connectivity index (χ4n) is 5.50. The van der Waals surface area contributed by atoms with Gasteiger partial charge in [0.25, 0.3) is 5.91 Å². The Morgan fingerprint density at radius 1 is 1.05 bits per heavy atom. The highest BCUT2D eigenvalue weighted by Crippen LogP contribution is 2.28. The summed E-state index contributed by atoms with van der Waals surface area (Å²) in [5.41, 5.74) is 4.34. The van der Waals surface area contributed by atoms with Gasteiger partial charge in [0.15, 0.2) is 0 Å². The fourth-order valence-corrected chi connectivity index (χ4v) is 5.50. The van der Waals surface area contributed by atoms with Gasteiger partial charge in [-0.25, -0.2) is 19.7 Å². The predicted octanol–water partition coefficient (Wildman–Crippen LogP) is 2.47. The van der Waals surface area contributed by atoms with E-state index in [0.29, 0.717) is 25.3 Å². The molecular weight excluding hydrogens is 472 g/mol. The quantitative estimate of drug-likeness (QED) is 0.562. The molecule has 0 atom stereocenters. The zero-order valence-corrected chi connectivity index (χ0v) is 20.8. The van der Waals surface area contributed by atoms with Gasteiger partial charge in [-0.2, -0.15) is 0 Å². The second-order valence-corrected chi connectivity index (χ2v) is 9.68. The summed E-state index contributed by atoms with van der Waals surface area (Å²) in [7, 11) is 1.65. The number of fused-ring (bicyclic) bond motifs is 2. The van der Waals surface area contributed by atoms with Gasteiger partial charge in [-0.3, -0.25) is 4.79 Å². The molecule has 3 aliphatic heterocycles. The van der Waals surface area contributed by atoms with Gasteiger partial charge in [0.2, 0.25) is 0 Å². The molecule has 0 radical (unpaired) electrons. The van der Waals surface area contributed by atoms with Crippen LogP contribution in [0, 0.1) is 0 Å². The Balaban J connectivity index is 1.09. The Labute approximate surface area is 214 Å². The lowest BCUT2D eigenvalue weighted by atomic mass is 10.0. The van der Waals surface area contributed by atoms with Crippen LogP contribution in [0.2, 0.25) is 0 Å². The summed E-state index contributed by atoms with van der Waals surface area (Å²) in [6.45, 7) is 3.29. The molecule has 1 fully saturated rings. The van der Waals surface area contributed by atoms with Crippen molar-refractivity contribution in [2.24, 2.45) is 0 Å². The van der Waals surface area contributed by atoms with Crippen LogP contribution in [-0.4, -0.2) is 81.0 Å². The van der Waals surface area contributed by atoms with Crippen LogP contribution in [0.25, 0.3) is 0 Å². The van der Waals surface area contributed by atoms with Crippen molar-refractivity contribution in [1.29, 1.82) is 0 Å². The molecule has 37 heavy (non-hydrogen) atoms. The number of piperidine rings is 1. The Morgan fingerprint density at radius 2 is 1.92 bits per heavy atom. The maximum absolute atomic E-state index is 13.2. The average Bonchev–Trinajstić information content (AvgIpc) is 3.35. The van der Waals surface area contributed by atoms with Crippen molar-refractivity contribution in [3.63, 3.8) is 0 Å². The molecule has 1 aromatic carbocycles. The molecule has 2 aromatic heterocycles. The number of H-pyrrole nitrogens is 1. The van der Waals surface area contributed by atoms with E-state index in [1.807, 2.05) is 23.1 Å². The van der Waals surface area contributed by atoms with Crippen LogP contribution in [-0.2, 0) is 19.4 Å². The Hall–Kier alpha value is -4.15. The first-order valence-corrected chi connectivity index (χ1v) is 12.7. The Kier molecular flexibility index (Phi) is 6.11. The predicted molar refractivity (Wildman–Crippen MR) is 137 cm³/mol. The minimum atomic E-state index is -0.101. The highest BCUT2D eigenvalue weighted by atomic mass is 16.5. The highest BCUT2D eigenvalue weighted by Gasteiger charge is 2.31. The van der Waals surface area contributed by atoms with Crippen molar-refractivity contribution in [2.75, 3.05) is 43.5 Å². The molecule has 0 bridgehead atoms. The summed E-state index contributed by atoms with van der Waals surface area (Å²) >= 11 is 0. The van der Waals surface area contributed by atoms with E-state index in [-0.39, 0.29) is 18.0 Å². The van der Waals surface area contributed by atoms with Crippen LogP contribution < -0.4 is 15.0 Å². The summed E-state index contributed by atoms with van der Waals surface area (Å²) in [6.07, 6.45) is 6.31. The van der Waals surface area contributed by atoms with Gasteiger partial charge in [-0.05, 0) is 43.0 Å². The number of methoxy groups -OCH3 is 1. The van der Waals surface area contributed by atoms with E-state index in [0.717, 1.165) is 73.0 Å². The number of urea groups is 1. The normalized spacial score (nSPS) is 18.1. The minimum Gasteiger partial charge on any atom is -0.497 e. The maximum Gasteiger partial charge on any atom is 0.322 e. The lowest BCUT2D eigenvalue weighted by Crippen LogP contribution is -2.49. The molecule has 0 aliphatic carbocycles. The van der Waals surface area contributed by atoms with E-state index in [2.05, 4.69) is 30.2 Å². The molecule has 1 saturated heterocycles. The van der Waals surface area contributed by atoms with E-state index in [1.54, 1.807) is 24.4 Å². The third-order valence-electron chi connectivity index (χ3n) is 7.60. The molecule has 0 unspecified atom stereocenters. The third kappa shape index (κ3) is 4.56. The maximum atomic E-state index is 13.2. The smallest absolute Gasteiger partial charge is 0.322 e. The number of rotatable bonds is 4. The van der Waals surface area contributed by atoms with Crippen LogP contribution in [0.1, 0.15) is 40.3 Å². The van der Waals surface area contributed by atoms with Crippen molar-refractivity contribution in [2.45, 2.75) is 38.3 Å². The van der Waals surface area contributed by atoms with Gasteiger partial charge < -0.3 is 29.7 Å². The van der Waals surface area contributed by atoms with Crippen LogP contribution in [0.3, 0.4) is 0 Å². The monoisotopic (exact) mass is 502 g/mol. The first-order chi connectivity index (χ1) is 18.1. The first kappa shape index (κ1) is 23.3. The fraction of sp³-hybridized carbons (Fsp3) is 0.423. The number of aromatic amines is 1. The second kappa shape index (κ2) is 9.72. The van der Waals surface area contributed by atoms with E-state index < -0.39 is 0 Å². The molecule has 0 spiro atoms. The standard InChI is InChI=1S/C26H30N8O3/c1-37-19-2-3-20-17(12-19)4-11-34(26(36)31-20)18-5-8-32(9-6-18)24-13-22(28-16-30-24)25(35)33-10-7-21-23(14-33)29-15-27-21/h2-3,12-13,15-16,18H,4-11,14H2,1H3,(H,27,29)(H,31,36). The van der Waals surface area contributed by atoms with E-state index >= 15 is 0 Å². The number of hydrogen-bond donors (Lipinski definition) is 2. The summed E-state index contributed by atoms with van der Waals surface area (Å²) in [5, 5.41) is 3.07. The van der Waals surface area contributed by atoms with Crippen molar-refractivity contribution >= 4 is 23.4 Å². The van der Waals surface area contributed by atoms with Gasteiger partial charge in [0.1, 0.15) is 23.6 Å². The number of nitrogens with one attached hydrogen (secondary N) is 2. The molecule has 11 nitrogen and oxygen atoms in total. The topological polar surface area (TPSA) is 120 Å². The SMILES string of the molecule is COc1ccc2c(c1)CCN(C1CCN(c3cc(C(=O)N4CCc5nc[nH]c5C4)ncn3)CC1)C(=O)N2. The number of nitrogens with zero attached hydrogens (tertiary/aromatic N) is 6. The third-order valence-corrected chi connectivity index (χ3v) is 7.60. The molecular formula is C26H30N8O3. The molecule has 3 aromatic rings. The van der Waals surface area contributed by atoms with E-state index in [9.17, 15) is 9.59 Å². The summed E-state index contributed by atoms with van der Waals surface area (Å²) in [4.78, 5) is 48.2. The zero-order chi connectivity index (χ0) is 25.4. The average molecular weight is 503 g/mol. The van der Waals surface area contributed by atoms with Crippen LogP contribution >= 0.6 is 0 Å². The second-order valence-electron chi connectivity index (χ2n) is 9.68. The molecule has 11 heteroatoms. The van der Waals surface area contributed by atoms with Crippen molar-refractivity contribution in [1.82, 2.24) is 29.7 Å². The summed E-state index contributed by atoms with van der Waals surface area (Å²) in [6, 6.07) is 7.64. The van der Waals surface area contributed by atoms with Crippen LogP contribution in [0.5, 0.6) is 5.75 Å². The lowest BCUT2D eigenvalue weighted by molar-refractivity contribution is 0.0725. The van der Waals surface area contributed by atoms with Gasteiger partial charge in [-0.15, -0.1) is 0 Å². The summed E-state index contributed by atoms with van der Waals surface area (Å²) < 4.78 is 5.34. The van der Waals surface area contributed by atoms with Gasteiger partial charge in [0.05, 0.1) is 31.4 Å². The Bertz CT molecular complexity index is 1320. The molecule has 5 heterocycles. The number of ether oxygens (including phenoxy) is 1. The number of carbonyl (C=O) groups excluding carboxylic acids is 2. The number of imidazole rings is 1. The molecule has 3 amide bonds. The highest BCUT2D eigenvalue weighted by molar-refractivity contribution is 5.93. The number of amides is 3. The number of benzene rings is 1. The van der Waals surface area contributed by atoms with Crippen molar-refractivity contribution < 1.29 is 14.3 Å². The first-order valence-electron chi connectivity index (χ1n) is 12.7. The minimum absolute atomic E-state index is 0.0563. The zero-order valence-electron chi connectivity index (χ0n) is 20.8. The largest absolute Gasteiger partial charge is 0.497 e. The molecule has 192 valence electrons. The van der Waals surface area contributed by atoms with Gasteiger partial charge >= 0.3 is 6.03 Å². The molecule has 0 saturated carbocycles. The van der Waals surface area contributed by atoms with Gasteiger partial charge in [-0.1, -0.05) is 0 Å². The lowest BCUT2D eigenvalue weighted by Gasteiger charge is -2.38. The molecule has 2 N–H and O–H groups in total. The number of aromatic nitrogens is 4. The van der Waals surface area contributed by atoms with Gasteiger partial charge in [0, 0.05) is 50.4 Å². The summed E-state index contributed by atoms with van der Waals surface area (Å²) in [5.74, 6) is 1.44. The van der Waals surface area contributed by atoms with Crippen molar-refractivity contribution in [3.05, 3.63) is 59.6 Å². The van der Waals surface area contributed by atoms with Crippen LogP contribution in [0.4, 0.5) is 16.3 Å². The van der Waals surface area contributed by atoms with Crippen LogP contribution in [0.15, 0.2) is 36.9 Å². The molecule has 3 aliphatic rings. The Morgan fingerprint density at radius 3 is 2.76 bits per heavy atom. The number of carbonyl (C=O) groups is 2. The number of anilines is 2. The molecule has 6 rings (SSSR count). The van der Waals surface area contributed by atoms with Crippen molar-refractivity contribution in [3.8, 4) is 5.75 Å². The number of hydrogen-bond acceptors (Lipinski definition) is 7.